The number of aromatic nitrogens is 1. The van der Waals surface area contributed by atoms with Crippen molar-refractivity contribution in [3.63, 3.8) is 0 Å². The molecule has 0 fully saturated rings. The van der Waals surface area contributed by atoms with Crippen LogP contribution in [0.2, 0.25) is 0 Å². The first-order valence-electron chi connectivity index (χ1n) is 8.62. The number of nitrogens with one attached hydrogen (secondary N) is 1. The Morgan fingerprint density at radius 1 is 1.31 bits per heavy atom. The number of fused-ring (bicyclic) bond motifs is 1. The van der Waals surface area contributed by atoms with Crippen molar-refractivity contribution in [2.45, 2.75) is 39.3 Å². The molecule has 26 heavy (non-hydrogen) atoms. The lowest BCUT2D eigenvalue weighted by Gasteiger charge is -2.22. The zero-order valence-electron chi connectivity index (χ0n) is 16.0. The first-order chi connectivity index (χ1) is 12.4. The monoisotopic (exact) mass is 374 g/mol. The summed E-state index contributed by atoms with van der Waals surface area (Å²) in [6, 6.07) is 6.02. The van der Waals surface area contributed by atoms with Gasteiger partial charge in [-0.3, -0.25) is 4.99 Å². The number of nitrogens with zero attached hydrogens (tertiary/aromatic N) is 3. The van der Waals surface area contributed by atoms with E-state index in [9.17, 15) is 0 Å². The van der Waals surface area contributed by atoms with Crippen molar-refractivity contribution in [3.8, 4) is 11.5 Å². The Kier molecular flexibility index (Phi) is 5.36. The molecular formula is C19H26N4O2S. The van der Waals surface area contributed by atoms with Gasteiger partial charge in [-0.05, 0) is 17.7 Å². The van der Waals surface area contributed by atoms with Gasteiger partial charge in [0.05, 0.1) is 12.2 Å². The van der Waals surface area contributed by atoms with E-state index >= 15 is 0 Å². The highest BCUT2D eigenvalue weighted by Crippen LogP contribution is 2.32. The SMILES string of the molecule is CN=C(NCc1nc(C(C)(C)C)cs1)N(C)Cc1ccc2c(c1)OCO2. The van der Waals surface area contributed by atoms with Crippen LogP contribution >= 0.6 is 11.3 Å². The molecule has 6 nitrogen and oxygen atoms in total. The lowest BCUT2D eigenvalue weighted by Crippen LogP contribution is -2.38. The zero-order valence-corrected chi connectivity index (χ0v) is 16.8. The van der Waals surface area contributed by atoms with Crippen molar-refractivity contribution in [3.05, 3.63) is 39.8 Å². The maximum absolute atomic E-state index is 5.45. The molecule has 2 aromatic rings. The standard InChI is InChI=1S/C19H26N4O2S/c1-19(2,3)16-11-26-17(22-16)9-21-18(20-4)23(5)10-13-6-7-14-15(8-13)25-12-24-14/h6-8,11H,9-10,12H2,1-5H3,(H,20,21). The Bertz CT molecular complexity index is 795. The summed E-state index contributed by atoms with van der Waals surface area (Å²) in [7, 11) is 3.81. The van der Waals surface area contributed by atoms with Crippen LogP contribution in [0.1, 0.15) is 37.0 Å². The van der Waals surface area contributed by atoms with Crippen molar-refractivity contribution < 1.29 is 9.47 Å². The molecule has 0 saturated heterocycles. The number of hydrogen-bond acceptors (Lipinski definition) is 5. The molecule has 0 amide bonds. The molecule has 1 aliphatic heterocycles. The summed E-state index contributed by atoms with van der Waals surface area (Å²) < 4.78 is 10.8. The fourth-order valence-electron chi connectivity index (χ4n) is 2.66. The molecule has 0 radical (unpaired) electrons. The van der Waals surface area contributed by atoms with E-state index in [-0.39, 0.29) is 5.41 Å². The average Bonchev–Trinajstić information content (AvgIpc) is 3.23. The van der Waals surface area contributed by atoms with E-state index in [1.165, 1.54) is 0 Å². The van der Waals surface area contributed by atoms with Gasteiger partial charge in [0, 0.05) is 31.4 Å². The van der Waals surface area contributed by atoms with E-state index in [4.69, 9.17) is 14.5 Å². The van der Waals surface area contributed by atoms with Gasteiger partial charge in [0.1, 0.15) is 5.01 Å². The van der Waals surface area contributed by atoms with Gasteiger partial charge < -0.3 is 19.7 Å². The van der Waals surface area contributed by atoms with Crippen LogP contribution in [0, 0.1) is 0 Å². The van der Waals surface area contributed by atoms with Crippen LogP contribution < -0.4 is 14.8 Å². The van der Waals surface area contributed by atoms with Gasteiger partial charge in [0.25, 0.3) is 0 Å². The number of rotatable bonds is 4. The van der Waals surface area contributed by atoms with Gasteiger partial charge in [0.2, 0.25) is 6.79 Å². The van der Waals surface area contributed by atoms with E-state index < -0.39 is 0 Å². The van der Waals surface area contributed by atoms with Crippen molar-refractivity contribution >= 4 is 17.3 Å². The van der Waals surface area contributed by atoms with E-state index in [0.29, 0.717) is 13.3 Å². The Morgan fingerprint density at radius 2 is 2.08 bits per heavy atom. The Morgan fingerprint density at radius 3 is 2.77 bits per heavy atom. The molecule has 7 heteroatoms. The number of hydrogen-bond donors (Lipinski definition) is 1. The minimum absolute atomic E-state index is 0.0760. The number of aliphatic imine (C=N–C) groups is 1. The van der Waals surface area contributed by atoms with Crippen molar-refractivity contribution in [1.29, 1.82) is 0 Å². The summed E-state index contributed by atoms with van der Waals surface area (Å²) in [5.74, 6) is 2.43. The first-order valence-corrected chi connectivity index (χ1v) is 9.50. The second-order valence-electron chi connectivity index (χ2n) is 7.32. The van der Waals surface area contributed by atoms with E-state index in [2.05, 4.69) is 41.4 Å². The van der Waals surface area contributed by atoms with Gasteiger partial charge in [-0.1, -0.05) is 26.8 Å². The molecule has 1 N–H and O–H groups in total. The highest BCUT2D eigenvalue weighted by atomic mass is 32.1. The summed E-state index contributed by atoms with van der Waals surface area (Å²) in [5.41, 5.74) is 2.35. The summed E-state index contributed by atoms with van der Waals surface area (Å²) in [6.07, 6.45) is 0. The smallest absolute Gasteiger partial charge is 0.231 e. The second-order valence-corrected chi connectivity index (χ2v) is 8.26. The Hall–Kier alpha value is -2.28. The maximum atomic E-state index is 5.45. The third-order valence-electron chi connectivity index (χ3n) is 4.15. The molecular weight excluding hydrogens is 348 g/mol. The number of ether oxygens (including phenoxy) is 2. The molecule has 0 aliphatic carbocycles. The van der Waals surface area contributed by atoms with E-state index in [0.717, 1.165) is 40.3 Å². The highest BCUT2D eigenvalue weighted by molar-refractivity contribution is 7.09. The summed E-state index contributed by atoms with van der Waals surface area (Å²) in [5, 5.41) is 6.59. The van der Waals surface area contributed by atoms with Gasteiger partial charge in [-0.2, -0.15) is 0 Å². The van der Waals surface area contributed by atoms with Crippen LogP contribution in [0.4, 0.5) is 0 Å². The van der Waals surface area contributed by atoms with Crippen LogP contribution in [-0.2, 0) is 18.5 Å². The van der Waals surface area contributed by atoms with Gasteiger partial charge >= 0.3 is 0 Å². The molecule has 0 unspecified atom stereocenters. The fourth-order valence-corrected chi connectivity index (χ4v) is 3.62. The van der Waals surface area contributed by atoms with Crippen molar-refractivity contribution in [1.82, 2.24) is 15.2 Å². The van der Waals surface area contributed by atoms with Crippen LogP contribution in [-0.4, -0.2) is 36.7 Å². The molecule has 0 atom stereocenters. The summed E-state index contributed by atoms with van der Waals surface area (Å²) in [4.78, 5) is 11.2. The first kappa shape index (κ1) is 18.5. The molecule has 0 spiro atoms. The second kappa shape index (κ2) is 7.53. The Balaban J connectivity index is 1.59. The normalized spacial score (nSPS) is 13.8. The average molecular weight is 375 g/mol. The van der Waals surface area contributed by atoms with Gasteiger partial charge in [-0.25, -0.2) is 4.98 Å². The molecule has 2 heterocycles. The van der Waals surface area contributed by atoms with Gasteiger partial charge in [0.15, 0.2) is 17.5 Å². The molecule has 0 saturated carbocycles. The largest absolute Gasteiger partial charge is 0.454 e. The zero-order chi connectivity index (χ0) is 18.7. The molecule has 1 aliphatic rings. The highest BCUT2D eigenvalue weighted by Gasteiger charge is 2.18. The number of guanidine groups is 1. The third kappa shape index (κ3) is 4.27. The topological polar surface area (TPSA) is 59.0 Å². The van der Waals surface area contributed by atoms with E-state index in [1.807, 2.05) is 25.2 Å². The lowest BCUT2D eigenvalue weighted by atomic mass is 9.93. The fraction of sp³-hybridized carbons (Fsp3) is 0.474. The van der Waals surface area contributed by atoms with E-state index in [1.54, 1.807) is 18.4 Å². The Labute approximate surface area is 158 Å². The molecule has 0 bridgehead atoms. The molecule has 1 aromatic carbocycles. The minimum atomic E-state index is 0.0760. The summed E-state index contributed by atoms with van der Waals surface area (Å²) in [6.45, 7) is 8.22. The lowest BCUT2D eigenvalue weighted by molar-refractivity contribution is 0.174. The molecule has 140 valence electrons. The van der Waals surface area contributed by atoms with Crippen LogP contribution in [0.15, 0.2) is 28.6 Å². The maximum Gasteiger partial charge on any atom is 0.231 e. The molecule has 3 rings (SSSR count). The number of benzene rings is 1. The predicted molar refractivity (Wildman–Crippen MR) is 105 cm³/mol. The van der Waals surface area contributed by atoms with Crippen LogP contribution in [0.3, 0.4) is 0 Å². The third-order valence-corrected chi connectivity index (χ3v) is 5.00. The van der Waals surface area contributed by atoms with Crippen molar-refractivity contribution in [2.24, 2.45) is 4.99 Å². The van der Waals surface area contributed by atoms with Crippen LogP contribution in [0.5, 0.6) is 11.5 Å². The van der Waals surface area contributed by atoms with Crippen molar-refractivity contribution in [2.75, 3.05) is 20.9 Å². The van der Waals surface area contributed by atoms with Gasteiger partial charge in [-0.15, -0.1) is 11.3 Å². The molecule has 1 aromatic heterocycles. The summed E-state index contributed by atoms with van der Waals surface area (Å²) >= 11 is 1.68. The minimum Gasteiger partial charge on any atom is -0.454 e. The predicted octanol–water partition coefficient (Wildman–Crippen LogP) is 3.38. The number of thiazole rings is 1. The van der Waals surface area contributed by atoms with Crippen LogP contribution in [0.25, 0.3) is 0 Å². The quantitative estimate of drug-likeness (QED) is 0.657.